The molecule has 1 saturated carbocycles. The summed E-state index contributed by atoms with van der Waals surface area (Å²) in [5.74, 6) is -0.338. The summed E-state index contributed by atoms with van der Waals surface area (Å²) in [5.41, 5.74) is 0. The predicted molar refractivity (Wildman–Crippen MR) is 70.9 cm³/mol. The van der Waals surface area contributed by atoms with Gasteiger partial charge in [0, 0.05) is 24.1 Å². The highest BCUT2D eigenvalue weighted by atomic mass is 32.2. The quantitative estimate of drug-likeness (QED) is 0.909. The molecule has 2 heterocycles. The molecule has 3 rings (SSSR count). The Balaban J connectivity index is 1.71. The topological polar surface area (TPSA) is 56.3 Å². The van der Waals surface area contributed by atoms with E-state index in [-0.39, 0.29) is 5.79 Å². The average Bonchev–Trinajstić information content (AvgIpc) is 3.02. The van der Waals surface area contributed by atoms with Crippen LogP contribution in [0.4, 0.5) is 0 Å². The van der Waals surface area contributed by atoms with E-state index in [0.717, 1.165) is 36.8 Å². The Morgan fingerprint density at radius 1 is 1.50 bits per heavy atom. The molecule has 2 aliphatic rings. The number of ether oxygens (including phenoxy) is 2. The van der Waals surface area contributed by atoms with Crippen LogP contribution < -0.4 is 5.32 Å². The molecule has 1 aromatic rings. The van der Waals surface area contributed by atoms with Crippen molar-refractivity contribution in [1.82, 2.24) is 14.7 Å². The third kappa shape index (κ3) is 2.55. The van der Waals surface area contributed by atoms with E-state index in [4.69, 9.17) is 9.47 Å². The molecule has 2 unspecified atom stereocenters. The van der Waals surface area contributed by atoms with Crippen molar-refractivity contribution < 1.29 is 9.47 Å². The van der Waals surface area contributed by atoms with E-state index in [1.165, 1.54) is 11.5 Å². The van der Waals surface area contributed by atoms with Gasteiger partial charge in [0.2, 0.25) is 0 Å². The van der Waals surface area contributed by atoms with Crippen LogP contribution in [-0.2, 0) is 9.47 Å². The van der Waals surface area contributed by atoms with Crippen molar-refractivity contribution in [3.05, 3.63) is 6.33 Å². The molecule has 100 valence electrons. The van der Waals surface area contributed by atoms with Gasteiger partial charge in [-0.15, -0.1) is 0 Å². The molecule has 0 amide bonds. The average molecular weight is 287 g/mol. The third-order valence-corrected chi connectivity index (χ3v) is 5.65. The Hall–Kier alpha value is -0.210. The van der Waals surface area contributed by atoms with Crippen molar-refractivity contribution in [3.63, 3.8) is 0 Å². The van der Waals surface area contributed by atoms with Crippen molar-refractivity contribution in [3.8, 4) is 0 Å². The SMILES string of the molecule is CNC1CCC2(CC1Sc1ncns1)OCCO2. The van der Waals surface area contributed by atoms with Crippen LogP contribution in [0, 0.1) is 0 Å². The number of rotatable bonds is 3. The Kier molecular flexibility index (Phi) is 3.86. The summed E-state index contributed by atoms with van der Waals surface area (Å²) in [4.78, 5) is 4.26. The number of nitrogens with zero attached hydrogens (tertiary/aromatic N) is 2. The molecule has 1 aliphatic heterocycles. The van der Waals surface area contributed by atoms with Gasteiger partial charge in [-0.2, -0.15) is 4.37 Å². The molecule has 0 radical (unpaired) electrons. The molecule has 2 fully saturated rings. The van der Waals surface area contributed by atoms with Gasteiger partial charge in [-0.25, -0.2) is 4.98 Å². The number of nitrogens with one attached hydrogen (secondary N) is 1. The number of aromatic nitrogens is 2. The summed E-state index contributed by atoms with van der Waals surface area (Å²) in [6.07, 6.45) is 4.59. The van der Waals surface area contributed by atoms with Gasteiger partial charge in [-0.05, 0) is 25.0 Å². The Morgan fingerprint density at radius 3 is 3.00 bits per heavy atom. The van der Waals surface area contributed by atoms with Gasteiger partial charge in [0.1, 0.15) is 6.33 Å². The summed E-state index contributed by atoms with van der Waals surface area (Å²) < 4.78 is 16.7. The number of thioether (sulfide) groups is 1. The molecule has 1 saturated heterocycles. The first-order valence-electron chi connectivity index (χ1n) is 6.20. The zero-order valence-corrected chi connectivity index (χ0v) is 11.9. The number of hydrogen-bond acceptors (Lipinski definition) is 7. The fraction of sp³-hybridized carbons (Fsp3) is 0.818. The van der Waals surface area contributed by atoms with Gasteiger partial charge in [0.05, 0.1) is 13.2 Å². The minimum atomic E-state index is -0.338. The maximum atomic E-state index is 5.83. The van der Waals surface area contributed by atoms with Crippen LogP contribution in [0.25, 0.3) is 0 Å². The Morgan fingerprint density at radius 2 is 2.33 bits per heavy atom. The highest BCUT2D eigenvalue weighted by Gasteiger charge is 2.45. The van der Waals surface area contributed by atoms with E-state index < -0.39 is 0 Å². The van der Waals surface area contributed by atoms with Crippen LogP contribution >= 0.6 is 23.3 Å². The second-order valence-corrected chi connectivity index (χ2v) is 6.88. The predicted octanol–water partition coefficient (Wildman–Crippen LogP) is 1.51. The molecule has 1 N–H and O–H groups in total. The maximum absolute atomic E-state index is 5.83. The van der Waals surface area contributed by atoms with Crippen LogP contribution in [0.5, 0.6) is 0 Å². The summed E-state index contributed by atoms with van der Waals surface area (Å²) in [5, 5.41) is 3.82. The Bertz CT molecular complexity index is 382. The third-order valence-electron chi connectivity index (χ3n) is 3.57. The van der Waals surface area contributed by atoms with Crippen molar-refractivity contribution in [2.45, 2.75) is 40.7 Å². The molecule has 2 atom stereocenters. The van der Waals surface area contributed by atoms with Gasteiger partial charge in [0.25, 0.3) is 0 Å². The van der Waals surface area contributed by atoms with E-state index >= 15 is 0 Å². The zero-order valence-electron chi connectivity index (χ0n) is 10.3. The summed E-state index contributed by atoms with van der Waals surface area (Å²) in [6, 6.07) is 0.484. The first kappa shape index (κ1) is 12.8. The summed E-state index contributed by atoms with van der Waals surface area (Å²) in [7, 11) is 2.02. The molecule has 1 aromatic heterocycles. The van der Waals surface area contributed by atoms with E-state index in [1.54, 1.807) is 18.1 Å². The second-order valence-electron chi connectivity index (χ2n) is 4.61. The molecular weight excluding hydrogens is 270 g/mol. The molecule has 0 aromatic carbocycles. The lowest BCUT2D eigenvalue weighted by Gasteiger charge is -2.40. The van der Waals surface area contributed by atoms with E-state index in [0.29, 0.717) is 11.3 Å². The lowest BCUT2D eigenvalue weighted by atomic mass is 9.89. The molecule has 1 aliphatic carbocycles. The van der Waals surface area contributed by atoms with Crippen LogP contribution in [0.3, 0.4) is 0 Å². The smallest absolute Gasteiger partial charge is 0.170 e. The van der Waals surface area contributed by atoms with Crippen LogP contribution in [-0.4, -0.2) is 46.7 Å². The first-order chi connectivity index (χ1) is 8.81. The van der Waals surface area contributed by atoms with Crippen molar-refractivity contribution in [1.29, 1.82) is 0 Å². The van der Waals surface area contributed by atoms with E-state index in [2.05, 4.69) is 14.7 Å². The summed E-state index contributed by atoms with van der Waals surface area (Å²) >= 11 is 3.24. The van der Waals surface area contributed by atoms with Gasteiger partial charge >= 0.3 is 0 Å². The second kappa shape index (κ2) is 5.42. The fourth-order valence-electron chi connectivity index (χ4n) is 2.67. The van der Waals surface area contributed by atoms with Crippen LogP contribution in [0.15, 0.2) is 10.7 Å². The molecule has 18 heavy (non-hydrogen) atoms. The van der Waals surface area contributed by atoms with Crippen LogP contribution in [0.2, 0.25) is 0 Å². The van der Waals surface area contributed by atoms with Gasteiger partial charge in [-0.3, -0.25) is 0 Å². The van der Waals surface area contributed by atoms with Crippen LogP contribution in [0.1, 0.15) is 19.3 Å². The van der Waals surface area contributed by atoms with Gasteiger partial charge < -0.3 is 14.8 Å². The Labute approximate surface area is 115 Å². The van der Waals surface area contributed by atoms with Gasteiger partial charge in [0.15, 0.2) is 10.1 Å². The first-order valence-corrected chi connectivity index (χ1v) is 7.85. The molecule has 5 nitrogen and oxygen atoms in total. The standard InChI is InChI=1S/C11H17N3O2S2/c1-12-8-2-3-11(15-4-5-16-11)6-9(8)17-10-13-7-14-18-10/h7-9,12H,2-6H2,1H3. The van der Waals surface area contributed by atoms with E-state index in [9.17, 15) is 0 Å². The monoisotopic (exact) mass is 287 g/mol. The van der Waals surface area contributed by atoms with E-state index in [1.807, 2.05) is 7.05 Å². The highest BCUT2D eigenvalue weighted by Crippen LogP contribution is 2.42. The molecule has 7 heteroatoms. The minimum absolute atomic E-state index is 0.338. The fourth-order valence-corrected chi connectivity index (χ4v) is 4.76. The molecular formula is C11H17N3O2S2. The minimum Gasteiger partial charge on any atom is -0.347 e. The lowest BCUT2D eigenvalue weighted by molar-refractivity contribution is -0.177. The number of hydrogen-bond donors (Lipinski definition) is 1. The lowest BCUT2D eigenvalue weighted by Crippen LogP contribution is -2.48. The normalized spacial score (nSPS) is 30.9. The highest BCUT2D eigenvalue weighted by molar-refractivity contribution is 8.01. The zero-order chi connectivity index (χ0) is 12.4. The van der Waals surface area contributed by atoms with Crippen molar-refractivity contribution in [2.24, 2.45) is 0 Å². The van der Waals surface area contributed by atoms with Crippen molar-refractivity contribution >= 4 is 23.3 Å². The van der Waals surface area contributed by atoms with Gasteiger partial charge in [-0.1, -0.05) is 11.8 Å². The maximum Gasteiger partial charge on any atom is 0.170 e. The largest absolute Gasteiger partial charge is 0.347 e. The van der Waals surface area contributed by atoms with Crippen molar-refractivity contribution in [2.75, 3.05) is 20.3 Å². The summed E-state index contributed by atoms with van der Waals surface area (Å²) in [6.45, 7) is 1.45. The molecule has 0 bridgehead atoms. The molecule has 1 spiro atoms.